The van der Waals surface area contributed by atoms with Gasteiger partial charge < -0.3 is 11.1 Å². The Morgan fingerprint density at radius 2 is 2.05 bits per heavy atom. The number of anilines is 1. The van der Waals surface area contributed by atoms with Gasteiger partial charge in [0.25, 0.3) is 5.91 Å². The summed E-state index contributed by atoms with van der Waals surface area (Å²) in [7, 11) is 0. The van der Waals surface area contributed by atoms with Crippen molar-refractivity contribution in [1.29, 1.82) is 0 Å². The first kappa shape index (κ1) is 13.9. The van der Waals surface area contributed by atoms with E-state index in [4.69, 9.17) is 17.3 Å². The molecule has 108 valence electrons. The molecule has 21 heavy (non-hydrogen) atoms. The number of halogens is 1. The quantitative estimate of drug-likeness (QED) is 0.852. The molecule has 0 bridgehead atoms. The monoisotopic (exact) mass is 301 g/mol. The fraction of sp³-hybridized carbons (Fsp3) is 0.250. The largest absolute Gasteiger partial charge is 0.397 e. The standard InChI is InChI=1S/C16H16ClN3O/c17-15-13(8-12(18)9-19-15)16(21)20-14(11-6-7-11)10-4-2-1-3-5-10/h1-5,8-9,11,14H,6-7,18H2,(H,20,21). The Bertz CT molecular complexity index is 656. The number of nitrogens with two attached hydrogens (primary N) is 1. The van der Waals surface area contributed by atoms with Gasteiger partial charge in [-0.3, -0.25) is 4.79 Å². The zero-order valence-corrected chi connectivity index (χ0v) is 12.2. The smallest absolute Gasteiger partial charge is 0.254 e. The van der Waals surface area contributed by atoms with Crippen LogP contribution < -0.4 is 11.1 Å². The molecule has 1 amide bonds. The summed E-state index contributed by atoms with van der Waals surface area (Å²) in [6.45, 7) is 0. The van der Waals surface area contributed by atoms with E-state index in [1.54, 1.807) is 6.07 Å². The van der Waals surface area contributed by atoms with Gasteiger partial charge in [-0.1, -0.05) is 41.9 Å². The van der Waals surface area contributed by atoms with E-state index in [1.165, 1.54) is 6.20 Å². The third-order valence-corrected chi connectivity index (χ3v) is 3.94. The van der Waals surface area contributed by atoms with E-state index in [0.717, 1.165) is 18.4 Å². The van der Waals surface area contributed by atoms with Crippen LogP contribution in [-0.4, -0.2) is 10.9 Å². The summed E-state index contributed by atoms with van der Waals surface area (Å²) in [5, 5.41) is 3.23. The lowest BCUT2D eigenvalue weighted by molar-refractivity contribution is 0.0931. The molecule has 1 unspecified atom stereocenters. The molecule has 1 aliphatic rings. The number of amides is 1. The number of benzene rings is 1. The number of pyridine rings is 1. The van der Waals surface area contributed by atoms with Crippen molar-refractivity contribution in [3.63, 3.8) is 0 Å². The minimum absolute atomic E-state index is 0.0104. The van der Waals surface area contributed by atoms with Gasteiger partial charge in [0, 0.05) is 0 Å². The lowest BCUT2D eigenvalue weighted by Gasteiger charge is -2.19. The maximum atomic E-state index is 12.4. The number of rotatable bonds is 4. The Labute approximate surface area is 128 Å². The molecule has 0 aliphatic heterocycles. The summed E-state index contributed by atoms with van der Waals surface area (Å²) in [4.78, 5) is 16.4. The minimum Gasteiger partial charge on any atom is -0.397 e. The first-order valence-electron chi connectivity index (χ1n) is 6.92. The molecule has 1 fully saturated rings. The predicted molar refractivity (Wildman–Crippen MR) is 83.0 cm³/mol. The summed E-state index contributed by atoms with van der Waals surface area (Å²) in [6, 6.07) is 11.5. The Morgan fingerprint density at radius 3 is 2.71 bits per heavy atom. The van der Waals surface area contributed by atoms with Crippen LogP contribution in [0.25, 0.3) is 0 Å². The average molecular weight is 302 g/mol. The molecular weight excluding hydrogens is 286 g/mol. The molecule has 4 nitrogen and oxygen atoms in total. The van der Waals surface area contributed by atoms with Crippen molar-refractivity contribution in [2.75, 3.05) is 5.73 Å². The van der Waals surface area contributed by atoms with E-state index in [2.05, 4.69) is 10.3 Å². The van der Waals surface area contributed by atoms with E-state index in [0.29, 0.717) is 17.2 Å². The third-order valence-electron chi connectivity index (χ3n) is 3.64. The molecular formula is C16H16ClN3O. The molecule has 1 aromatic heterocycles. The van der Waals surface area contributed by atoms with Gasteiger partial charge in [0.05, 0.1) is 23.5 Å². The molecule has 2 aromatic rings. The lowest BCUT2D eigenvalue weighted by atomic mass is 10.0. The summed E-state index contributed by atoms with van der Waals surface area (Å²) in [5.41, 5.74) is 7.53. The summed E-state index contributed by atoms with van der Waals surface area (Å²) >= 11 is 5.99. The van der Waals surface area contributed by atoms with Crippen LogP contribution >= 0.6 is 11.6 Å². The number of aromatic nitrogens is 1. The third kappa shape index (κ3) is 3.16. The van der Waals surface area contributed by atoms with E-state index >= 15 is 0 Å². The zero-order chi connectivity index (χ0) is 14.8. The van der Waals surface area contributed by atoms with Gasteiger partial charge in [-0.2, -0.15) is 0 Å². The number of hydrogen-bond donors (Lipinski definition) is 2. The maximum absolute atomic E-state index is 12.4. The highest BCUT2D eigenvalue weighted by atomic mass is 35.5. The van der Waals surface area contributed by atoms with Crippen molar-refractivity contribution in [2.45, 2.75) is 18.9 Å². The first-order chi connectivity index (χ1) is 10.1. The van der Waals surface area contributed by atoms with E-state index in [9.17, 15) is 4.79 Å². The van der Waals surface area contributed by atoms with E-state index in [1.807, 2.05) is 30.3 Å². The van der Waals surface area contributed by atoms with Crippen LogP contribution in [0.15, 0.2) is 42.6 Å². The highest BCUT2D eigenvalue weighted by Crippen LogP contribution is 2.41. The molecule has 1 aromatic carbocycles. The Hall–Kier alpha value is -2.07. The second-order valence-corrected chi connectivity index (χ2v) is 5.66. The number of nitrogens with one attached hydrogen (secondary N) is 1. The first-order valence-corrected chi connectivity index (χ1v) is 7.30. The predicted octanol–water partition coefficient (Wildman–Crippen LogP) is 3.20. The van der Waals surface area contributed by atoms with E-state index < -0.39 is 0 Å². The van der Waals surface area contributed by atoms with Crippen molar-refractivity contribution in [3.8, 4) is 0 Å². The summed E-state index contributed by atoms with van der Waals surface area (Å²) in [6.07, 6.45) is 3.69. The van der Waals surface area contributed by atoms with Gasteiger partial charge in [0.1, 0.15) is 5.15 Å². The summed E-state index contributed by atoms with van der Waals surface area (Å²) in [5.74, 6) is 0.254. The topological polar surface area (TPSA) is 68.0 Å². The molecule has 1 saturated carbocycles. The SMILES string of the molecule is Nc1cnc(Cl)c(C(=O)NC(c2ccccc2)C2CC2)c1. The van der Waals surface area contributed by atoms with Gasteiger partial charge in [-0.15, -0.1) is 0 Å². The van der Waals surface area contributed by atoms with Gasteiger partial charge in [-0.25, -0.2) is 4.98 Å². The number of nitrogen functional groups attached to an aromatic ring is 1. The molecule has 1 atom stereocenters. The van der Waals surface area contributed by atoms with Crippen molar-refractivity contribution < 1.29 is 4.79 Å². The molecule has 0 spiro atoms. The molecule has 1 aliphatic carbocycles. The van der Waals surface area contributed by atoms with Crippen LogP contribution in [0.5, 0.6) is 0 Å². The van der Waals surface area contributed by atoms with Gasteiger partial charge >= 0.3 is 0 Å². The Balaban J connectivity index is 1.83. The average Bonchev–Trinajstić information content (AvgIpc) is 3.32. The minimum atomic E-state index is -0.236. The van der Waals surface area contributed by atoms with Gasteiger partial charge in [0.15, 0.2) is 0 Å². The second-order valence-electron chi connectivity index (χ2n) is 5.31. The second kappa shape index (κ2) is 5.74. The number of nitrogens with zero attached hydrogens (tertiary/aromatic N) is 1. The molecule has 0 radical (unpaired) electrons. The van der Waals surface area contributed by atoms with Crippen LogP contribution in [-0.2, 0) is 0 Å². The van der Waals surface area contributed by atoms with Gasteiger partial charge in [-0.05, 0) is 30.4 Å². The number of carbonyl (C=O) groups is 1. The maximum Gasteiger partial charge on any atom is 0.254 e. The Kier molecular flexibility index (Phi) is 3.80. The zero-order valence-electron chi connectivity index (χ0n) is 11.4. The summed E-state index contributed by atoms with van der Waals surface area (Å²) < 4.78 is 0. The highest BCUT2D eigenvalue weighted by molar-refractivity contribution is 6.32. The fourth-order valence-corrected chi connectivity index (χ4v) is 2.59. The van der Waals surface area contributed by atoms with Crippen LogP contribution in [0.1, 0.15) is 34.8 Å². The lowest BCUT2D eigenvalue weighted by Crippen LogP contribution is -2.30. The van der Waals surface area contributed by atoms with Crippen LogP contribution in [0.2, 0.25) is 5.15 Å². The van der Waals surface area contributed by atoms with Crippen LogP contribution in [0.4, 0.5) is 5.69 Å². The van der Waals surface area contributed by atoms with Gasteiger partial charge in [0.2, 0.25) is 0 Å². The highest BCUT2D eigenvalue weighted by Gasteiger charge is 2.33. The normalized spacial score (nSPS) is 15.5. The number of carbonyl (C=O) groups excluding carboxylic acids is 1. The van der Waals surface area contributed by atoms with Crippen LogP contribution in [0, 0.1) is 5.92 Å². The molecule has 3 N–H and O–H groups in total. The van der Waals surface area contributed by atoms with Crippen LogP contribution in [0.3, 0.4) is 0 Å². The van der Waals surface area contributed by atoms with Crippen molar-refractivity contribution in [3.05, 3.63) is 58.9 Å². The molecule has 1 heterocycles. The Morgan fingerprint density at radius 1 is 1.33 bits per heavy atom. The fourth-order valence-electron chi connectivity index (χ4n) is 2.41. The molecule has 5 heteroatoms. The van der Waals surface area contributed by atoms with Crippen molar-refractivity contribution in [1.82, 2.24) is 10.3 Å². The molecule has 0 saturated heterocycles. The number of hydrogen-bond acceptors (Lipinski definition) is 3. The van der Waals surface area contributed by atoms with Crippen molar-refractivity contribution >= 4 is 23.2 Å². The molecule has 3 rings (SSSR count). The van der Waals surface area contributed by atoms with E-state index in [-0.39, 0.29) is 17.1 Å². The van der Waals surface area contributed by atoms with Crippen molar-refractivity contribution in [2.24, 2.45) is 5.92 Å².